The number of aromatic amines is 1. The standard InChI is InChI=1S/C52H59N7O6/c1-27(2)43(56-49(62)64-5)47(60)58-26-51(15-16-51)24-42(58)46-53-25-41(55-46)31-9-13-36-35-12-8-30(21-37(35)52(17-18-52)38(36)22-31)29-10-14-39-33(19-29)23-40(54-39)45-32-7-11-34(20-32)59(45)48(61)44(28(3)4)57-50(63)65-6/h8-10,12-14,19,21-22,25,27-28,32,34,42-45H,7,11,15-18,20,23-24,26H2,1-6H3,(H,53,55)(H,56,62)(H,57,63)/t32-,34+,42-,43-,44?,45-/m0/s1. The van der Waals surface area contributed by atoms with Crippen molar-refractivity contribution >= 4 is 35.4 Å². The second kappa shape index (κ2) is 15.3. The van der Waals surface area contributed by atoms with E-state index in [4.69, 9.17) is 19.5 Å². The van der Waals surface area contributed by atoms with Gasteiger partial charge in [-0.05, 0) is 143 Å². The first kappa shape index (κ1) is 41.7. The number of methoxy groups -OCH3 is 2. The highest BCUT2D eigenvalue weighted by atomic mass is 16.5. The van der Waals surface area contributed by atoms with Gasteiger partial charge < -0.3 is 34.9 Å². The van der Waals surface area contributed by atoms with E-state index in [2.05, 4.69) is 75.1 Å². The van der Waals surface area contributed by atoms with Crippen molar-refractivity contribution in [2.45, 2.75) is 121 Å². The number of nitrogens with one attached hydrogen (secondary N) is 3. The monoisotopic (exact) mass is 877 g/mol. The first-order valence-electron chi connectivity index (χ1n) is 23.7. The van der Waals surface area contributed by atoms with E-state index >= 15 is 0 Å². The normalized spacial score (nSPS) is 24.2. The van der Waals surface area contributed by atoms with E-state index in [9.17, 15) is 19.2 Å². The molecule has 1 aromatic heterocycles. The second-order valence-corrected chi connectivity index (χ2v) is 20.7. The summed E-state index contributed by atoms with van der Waals surface area (Å²) in [5, 5.41) is 5.59. The Labute approximate surface area is 380 Å². The Kier molecular flexibility index (Phi) is 9.82. The van der Waals surface area contributed by atoms with E-state index in [0.29, 0.717) is 18.9 Å². The summed E-state index contributed by atoms with van der Waals surface area (Å²) in [5.74, 6) is 0.834. The number of H-pyrrole nitrogens is 1. The lowest BCUT2D eigenvalue weighted by Gasteiger charge is -2.38. The van der Waals surface area contributed by atoms with Crippen LogP contribution in [0.4, 0.5) is 15.3 Å². The molecule has 4 amide bonds. The first-order chi connectivity index (χ1) is 31.3. The third-order valence-corrected chi connectivity index (χ3v) is 16.1. The quantitative estimate of drug-likeness (QED) is 0.144. The highest BCUT2D eigenvalue weighted by Crippen LogP contribution is 2.64. The number of fused-ring (bicyclic) bond motifs is 8. The van der Waals surface area contributed by atoms with Crippen molar-refractivity contribution < 1.29 is 28.7 Å². The van der Waals surface area contributed by atoms with E-state index in [1.165, 1.54) is 47.6 Å². The molecule has 7 aliphatic rings. The molecule has 13 heteroatoms. The van der Waals surface area contributed by atoms with Gasteiger partial charge in [-0.3, -0.25) is 14.6 Å². The van der Waals surface area contributed by atoms with Crippen LogP contribution in [-0.4, -0.2) is 94.4 Å². The number of carbonyl (C=O) groups excluding carboxylic acids is 4. The third kappa shape index (κ3) is 6.85. The number of aliphatic imine (C=N–C) groups is 1. The van der Waals surface area contributed by atoms with Crippen LogP contribution in [-0.2, 0) is 30.9 Å². The molecule has 4 aliphatic carbocycles. The van der Waals surface area contributed by atoms with Gasteiger partial charge in [-0.25, -0.2) is 14.6 Å². The lowest BCUT2D eigenvalue weighted by molar-refractivity contribution is -0.137. The number of benzene rings is 3. The molecule has 65 heavy (non-hydrogen) atoms. The number of imidazole rings is 1. The predicted octanol–water partition coefficient (Wildman–Crippen LogP) is 8.63. The molecule has 2 bridgehead atoms. The number of aromatic nitrogens is 2. The van der Waals surface area contributed by atoms with Crippen LogP contribution in [0, 0.1) is 23.2 Å². The number of piperidine rings is 1. The molecule has 5 fully saturated rings. The van der Waals surface area contributed by atoms with E-state index < -0.39 is 24.3 Å². The smallest absolute Gasteiger partial charge is 0.407 e. The minimum absolute atomic E-state index is 0.0214. The van der Waals surface area contributed by atoms with Crippen LogP contribution < -0.4 is 10.6 Å². The maximum atomic E-state index is 14.2. The van der Waals surface area contributed by atoms with Gasteiger partial charge in [0.05, 0.1) is 43.9 Å². The number of hydrogen-bond acceptors (Lipinski definition) is 8. The Morgan fingerprint density at radius 2 is 1.42 bits per heavy atom. The number of hydrogen-bond donors (Lipinski definition) is 3. The lowest BCUT2D eigenvalue weighted by atomic mass is 9.89. The van der Waals surface area contributed by atoms with Crippen LogP contribution in [0.1, 0.15) is 108 Å². The van der Waals surface area contributed by atoms with Gasteiger partial charge in [0, 0.05) is 30.1 Å². The minimum Gasteiger partial charge on any atom is -0.453 e. The molecule has 1 unspecified atom stereocenters. The zero-order chi connectivity index (χ0) is 45.1. The molecule has 3 N–H and O–H groups in total. The highest BCUT2D eigenvalue weighted by molar-refractivity contribution is 6.02. The van der Waals surface area contributed by atoms with Gasteiger partial charge in [0.25, 0.3) is 0 Å². The number of amides is 4. The zero-order valence-electron chi connectivity index (χ0n) is 38.2. The van der Waals surface area contributed by atoms with Crippen molar-refractivity contribution in [2.24, 2.45) is 28.2 Å². The zero-order valence-corrected chi connectivity index (χ0v) is 38.2. The summed E-state index contributed by atoms with van der Waals surface area (Å²) in [6, 6.07) is 18.9. The Balaban J connectivity index is 0.821. The fourth-order valence-corrected chi connectivity index (χ4v) is 12.3. The average molecular weight is 878 g/mol. The summed E-state index contributed by atoms with van der Waals surface area (Å²) in [6.07, 6.45) is 9.70. The van der Waals surface area contributed by atoms with Gasteiger partial charge >= 0.3 is 12.2 Å². The fourth-order valence-electron chi connectivity index (χ4n) is 12.3. The van der Waals surface area contributed by atoms with Crippen molar-refractivity contribution in [3.8, 4) is 33.5 Å². The Bertz CT molecular complexity index is 2680. The van der Waals surface area contributed by atoms with Gasteiger partial charge in [0.1, 0.15) is 17.9 Å². The van der Waals surface area contributed by atoms with Gasteiger partial charge in [0.15, 0.2) is 0 Å². The fraction of sp³-hybridized carbons (Fsp3) is 0.500. The molecule has 2 spiro atoms. The molecular formula is C52H59N7O6. The van der Waals surface area contributed by atoms with Gasteiger partial charge in [-0.2, -0.15) is 0 Å². The summed E-state index contributed by atoms with van der Waals surface area (Å²) in [4.78, 5) is 70.4. The predicted molar refractivity (Wildman–Crippen MR) is 247 cm³/mol. The molecular weight excluding hydrogens is 819 g/mol. The molecule has 6 atom stereocenters. The topological polar surface area (TPSA) is 158 Å². The molecule has 3 aliphatic heterocycles. The number of alkyl carbamates (subject to hydrolysis) is 2. The van der Waals surface area contributed by atoms with Crippen LogP contribution in [0.15, 0.2) is 65.8 Å². The Morgan fingerprint density at radius 1 is 0.785 bits per heavy atom. The maximum Gasteiger partial charge on any atom is 0.407 e. The maximum absolute atomic E-state index is 14.2. The summed E-state index contributed by atoms with van der Waals surface area (Å²) < 4.78 is 9.74. The van der Waals surface area contributed by atoms with E-state index in [1.807, 2.05) is 38.8 Å². The molecule has 3 saturated carbocycles. The number of likely N-dealkylation sites (tertiary alicyclic amines) is 2. The van der Waals surface area contributed by atoms with Crippen LogP contribution in [0.25, 0.3) is 33.5 Å². The van der Waals surface area contributed by atoms with Gasteiger partial charge in [-0.1, -0.05) is 58.0 Å². The van der Waals surface area contributed by atoms with Crippen LogP contribution in [0.3, 0.4) is 0 Å². The molecule has 13 nitrogen and oxygen atoms in total. The number of ether oxygens (including phenoxy) is 2. The van der Waals surface area contributed by atoms with Gasteiger partial charge in [-0.15, -0.1) is 0 Å². The van der Waals surface area contributed by atoms with Crippen molar-refractivity contribution in [3.63, 3.8) is 0 Å². The molecule has 338 valence electrons. The minimum atomic E-state index is -0.684. The first-order valence-corrected chi connectivity index (χ1v) is 23.7. The number of carbonyl (C=O) groups is 4. The number of rotatable bonds is 10. The molecule has 4 aromatic rings. The molecule has 2 saturated heterocycles. The molecule has 3 aromatic carbocycles. The van der Waals surface area contributed by atoms with Crippen molar-refractivity contribution in [3.05, 3.63) is 83.3 Å². The highest BCUT2D eigenvalue weighted by Gasteiger charge is 2.56. The second-order valence-electron chi connectivity index (χ2n) is 20.7. The molecule has 4 heterocycles. The van der Waals surface area contributed by atoms with Crippen LogP contribution >= 0.6 is 0 Å². The average Bonchev–Trinajstić information content (AvgIpc) is 3.74. The lowest BCUT2D eigenvalue weighted by Crippen LogP contribution is -2.57. The Morgan fingerprint density at radius 3 is 2.06 bits per heavy atom. The van der Waals surface area contributed by atoms with E-state index in [-0.39, 0.29) is 52.6 Å². The van der Waals surface area contributed by atoms with Crippen molar-refractivity contribution in [1.29, 1.82) is 0 Å². The van der Waals surface area contributed by atoms with Crippen LogP contribution in [0.2, 0.25) is 0 Å². The van der Waals surface area contributed by atoms with Gasteiger partial charge in [0.2, 0.25) is 11.8 Å². The van der Waals surface area contributed by atoms with Crippen molar-refractivity contribution in [1.82, 2.24) is 30.4 Å². The molecule has 0 radical (unpaired) electrons. The van der Waals surface area contributed by atoms with E-state index in [0.717, 1.165) is 85.4 Å². The van der Waals surface area contributed by atoms with Crippen LogP contribution in [0.5, 0.6) is 0 Å². The van der Waals surface area contributed by atoms with E-state index in [1.54, 1.807) is 0 Å². The molecule has 11 rings (SSSR count). The SMILES string of the molecule is COC(=O)NC(C(=O)N1[C@@H]2CC[C@@H](C2)[C@H]1C1=Nc2ccc(-c3ccc4c(c3)C3(CC3)c3cc(-c5cnc([C@@H]6CC7(CC7)CN6C(=O)[C@@H](NC(=O)OC)C(C)C)[nH]5)ccc3-4)cc2C1)C(C)C. The summed E-state index contributed by atoms with van der Waals surface area (Å²) in [6.45, 7) is 8.47. The summed E-state index contributed by atoms with van der Waals surface area (Å²) in [7, 11) is 2.65. The number of nitrogens with zero attached hydrogens (tertiary/aromatic N) is 4. The van der Waals surface area contributed by atoms with Crippen molar-refractivity contribution in [2.75, 3.05) is 20.8 Å². The third-order valence-electron chi connectivity index (χ3n) is 16.1. The summed E-state index contributed by atoms with van der Waals surface area (Å²) in [5.41, 5.74) is 13.0. The Hall–Kier alpha value is -5.98. The summed E-state index contributed by atoms with van der Waals surface area (Å²) >= 11 is 0. The largest absolute Gasteiger partial charge is 0.453 e.